The smallest absolute Gasteiger partial charge is 0.258 e. The number of rotatable bonds is 5. The molecule has 0 amide bonds. The summed E-state index contributed by atoms with van der Waals surface area (Å²) in [6.45, 7) is 4.65. The fourth-order valence-electron chi connectivity index (χ4n) is 1.67. The van der Waals surface area contributed by atoms with Crippen molar-refractivity contribution >= 4 is 21.4 Å². The minimum Gasteiger partial charge on any atom is -0.326 e. The van der Waals surface area contributed by atoms with Crippen molar-refractivity contribution in [3.05, 3.63) is 45.3 Å². The Morgan fingerprint density at radius 3 is 2.60 bits per heavy atom. The van der Waals surface area contributed by atoms with E-state index in [2.05, 4.69) is 9.71 Å². The van der Waals surface area contributed by atoms with Gasteiger partial charge in [0.15, 0.2) is 5.03 Å². The van der Waals surface area contributed by atoms with Gasteiger partial charge in [-0.05, 0) is 37.1 Å². The molecule has 0 radical (unpaired) electrons. The van der Waals surface area contributed by atoms with Gasteiger partial charge in [0.25, 0.3) is 10.0 Å². The Labute approximate surface area is 122 Å². The van der Waals surface area contributed by atoms with Crippen LogP contribution in [0.4, 0.5) is 0 Å². The number of nitrogens with two attached hydrogens (primary N) is 1. The number of hydrogen-bond donors (Lipinski definition) is 2. The molecule has 0 aromatic carbocycles. The number of aryl methyl sites for hydroxylation is 2. The molecule has 3 N–H and O–H groups in total. The quantitative estimate of drug-likeness (QED) is 0.880. The number of nitrogens with one attached hydrogen (secondary N) is 1. The zero-order chi connectivity index (χ0) is 14.8. The van der Waals surface area contributed by atoms with Crippen LogP contribution in [0.5, 0.6) is 0 Å². The van der Waals surface area contributed by atoms with Gasteiger partial charge in [-0.15, -0.1) is 11.3 Å². The molecule has 0 aliphatic carbocycles. The van der Waals surface area contributed by atoms with Crippen LogP contribution in [-0.4, -0.2) is 13.4 Å². The standard InChI is InChI=1S/C13H17N3O2S2/c1-9-5-12(19-10(9)2)8-16-20(17,18)13-4-3-11(6-14)7-15-13/h3-5,7,16H,6,8,14H2,1-2H3. The lowest BCUT2D eigenvalue weighted by Gasteiger charge is -2.05. The van der Waals surface area contributed by atoms with Crippen molar-refractivity contribution in [2.75, 3.05) is 0 Å². The molecule has 0 saturated heterocycles. The van der Waals surface area contributed by atoms with Crippen LogP contribution in [0.15, 0.2) is 29.4 Å². The van der Waals surface area contributed by atoms with E-state index in [-0.39, 0.29) is 11.6 Å². The Morgan fingerprint density at radius 2 is 2.10 bits per heavy atom. The van der Waals surface area contributed by atoms with Crippen LogP contribution in [0.3, 0.4) is 0 Å². The molecule has 0 unspecified atom stereocenters. The van der Waals surface area contributed by atoms with Gasteiger partial charge in [0.1, 0.15) is 0 Å². The second-order valence-electron chi connectivity index (χ2n) is 4.49. The Morgan fingerprint density at radius 1 is 1.35 bits per heavy atom. The molecule has 20 heavy (non-hydrogen) atoms. The second-order valence-corrected chi connectivity index (χ2v) is 7.54. The molecule has 2 aromatic heterocycles. The first kappa shape index (κ1) is 15.1. The van der Waals surface area contributed by atoms with Crippen molar-refractivity contribution in [1.29, 1.82) is 0 Å². The van der Waals surface area contributed by atoms with Gasteiger partial charge in [0.05, 0.1) is 0 Å². The number of thiophene rings is 1. The van der Waals surface area contributed by atoms with Crippen molar-refractivity contribution in [3.63, 3.8) is 0 Å². The van der Waals surface area contributed by atoms with Gasteiger partial charge in [-0.3, -0.25) is 0 Å². The fraction of sp³-hybridized carbons (Fsp3) is 0.308. The molecule has 0 aliphatic heterocycles. The van der Waals surface area contributed by atoms with Crippen LogP contribution in [0.2, 0.25) is 0 Å². The Kier molecular flexibility index (Phi) is 4.54. The molecule has 2 aromatic rings. The molecular formula is C13H17N3O2S2. The van der Waals surface area contributed by atoms with Gasteiger partial charge in [-0.25, -0.2) is 18.1 Å². The number of nitrogens with zero attached hydrogens (tertiary/aromatic N) is 1. The van der Waals surface area contributed by atoms with E-state index in [1.54, 1.807) is 17.4 Å². The molecule has 0 atom stereocenters. The van der Waals surface area contributed by atoms with E-state index in [0.717, 1.165) is 10.4 Å². The van der Waals surface area contributed by atoms with Gasteiger partial charge >= 0.3 is 0 Å². The number of sulfonamides is 1. The molecule has 0 fully saturated rings. The molecule has 2 heterocycles. The Balaban J connectivity index is 2.10. The summed E-state index contributed by atoms with van der Waals surface area (Å²) >= 11 is 1.59. The molecule has 2 rings (SSSR count). The average molecular weight is 311 g/mol. The lowest BCUT2D eigenvalue weighted by atomic mass is 10.3. The third-order valence-electron chi connectivity index (χ3n) is 2.96. The van der Waals surface area contributed by atoms with E-state index in [9.17, 15) is 8.42 Å². The van der Waals surface area contributed by atoms with Crippen molar-refractivity contribution in [1.82, 2.24) is 9.71 Å². The Hall–Kier alpha value is -1.28. The highest BCUT2D eigenvalue weighted by atomic mass is 32.2. The monoisotopic (exact) mass is 311 g/mol. The third kappa shape index (κ3) is 3.43. The number of aromatic nitrogens is 1. The van der Waals surface area contributed by atoms with Crippen LogP contribution in [0, 0.1) is 13.8 Å². The highest BCUT2D eigenvalue weighted by Crippen LogP contribution is 2.20. The van der Waals surface area contributed by atoms with Crippen LogP contribution < -0.4 is 10.5 Å². The topological polar surface area (TPSA) is 85.1 Å². The normalized spacial score (nSPS) is 11.8. The summed E-state index contributed by atoms with van der Waals surface area (Å²) in [4.78, 5) is 6.12. The zero-order valence-electron chi connectivity index (χ0n) is 11.4. The first-order valence-electron chi connectivity index (χ1n) is 6.13. The predicted molar refractivity (Wildman–Crippen MR) is 79.9 cm³/mol. The van der Waals surface area contributed by atoms with Crippen molar-refractivity contribution in [2.24, 2.45) is 5.73 Å². The van der Waals surface area contributed by atoms with Gasteiger partial charge in [0.2, 0.25) is 0 Å². The van der Waals surface area contributed by atoms with E-state index in [1.165, 1.54) is 22.7 Å². The molecule has 7 heteroatoms. The summed E-state index contributed by atoms with van der Waals surface area (Å²) < 4.78 is 26.8. The SMILES string of the molecule is Cc1cc(CNS(=O)(=O)c2ccc(CN)cn2)sc1C. The maximum atomic E-state index is 12.1. The summed E-state index contributed by atoms with van der Waals surface area (Å²) in [5.74, 6) is 0. The first-order chi connectivity index (χ1) is 9.42. The van der Waals surface area contributed by atoms with E-state index < -0.39 is 10.0 Å². The molecule has 0 bridgehead atoms. The van der Waals surface area contributed by atoms with Gasteiger partial charge < -0.3 is 5.73 Å². The maximum Gasteiger partial charge on any atom is 0.258 e. The van der Waals surface area contributed by atoms with E-state index in [0.29, 0.717) is 6.54 Å². The minimum atomic E-state index is -3.58. The van der Waals surface area contributed by atoms with Crippen LogP contribution in [0.1, 0.15) is 20.9 Å². The lowest BCUT2D eigenvalue weighted by molar-refractivity contribution is 0.577. The van der Waals surface area contributed by atoms with Gasteiger partial charge in [0, 0.05) is 29.0 Å². The van der Waals surface area contributed by atoms with E-state index >= 15 is 0 Å². The van der Waals surface area contributed by atoms with Gasteiger partial charge in [-0.2, -0.15) is 0 Å². The molecule has 0 spiro atoms. The highest BCUT2D eigenvalue weighted by Gasteiger charge is 2.15. The maximum absolute atomic E-state index is 12.1. The van der Waals surface area contributed by atoms with Crippen LogP contribution in [0.25, 0.3) is 0 Å². The van der Waals surface area contributed by atoms with E-state index in [4.69, 9.17) is 5.73 Å². The summed E-state index contributed by atoms with van der Waals surface area (Å²) in [7, 11) is -3.58. The van der Waals surface area contributed by atoms with Crippen LogP contribution >= 0.6 is 11.3 Å². The molecule has 0 aliphatic rings. The second kappa shape index (κ2) is 6.01. The van der Waals surface area contributed by atoms with Gasteiger partial charge in [-0.1, -0.05) is 6.07 Å². The van der Waals surface area contributed by atoms with E-state index in [1.807, 2.05) is 19.9 Å². The molecular weight excluding hydrogens is 294 g/mol. The highest BCUT2D eigenvalue weighted by molar-refractivity contribution is 7.89. The summed E-state index contributed by atoms with van der Waals surface area (Å²) in [6.07, 6.45) is 1.48. The summed E-state index contributed by atoms with van der Waals surface area (Å²) in [5.41, 5.74) is 7.43. The van der Waals surface area contributed by atoms with Crippen LogP contribution in [-0.2, 0) is 23.1 Å². The Bertz CT molecular complexity index is 671. The molecule has 5 nitrogen and oxygen atoms in total. The van der Waals surface area contributed by atoms with Crippen molar-refractivity contribution in [3.8, 4) is 0 Å². The minimum absolute atomic E-state index is 0.0136. The molecule has 108 valence electrons. The van der Waals surface area contributed by atoms with Crippen molar-refractivity contribution in [2.45, 2.75) is 32.0 Å². The fourth-order valence-corrected chi connectivity index (χ4v) is 3.68. The largest absolute Gasteiger partial charge is 0.326 e. The average Bonchev–Trinajstić information content (AvgIpc) is 2.76. The zero-order valence-corrected chi connectivity index (χ0v) is 13.0. The molecule has 0 saturated carbocycles. The first-order valence-corrected chi connectivity index (χ1v) is 8.43. The number of pyridine rings is 1. The summed E-state index contributed by atoms with van der Waals surface area (Å²) in [5, 5.41) is 0.0136. The lowest BCUT2D eigenvalue weighted by Crippen LogP contribution is -2.23. The predicted octanol–water partition coefficient (Wildman–Crippen LogP) is 1.70. The number of hydrogen-bond acceptors (Lipinski definition) is 5. The third-order valence-corrected chi connectivity index (χ3v) is 5.43. The van der Waals surface area contributed by atoms with Crippen molar-refractivity contribution < 1.29 is 8.42 Å². The summed E-state index contributed by atoms with van der Waals surface area (Å²) in [6, 6.07) is 5.13.